The summed E-state index contributed by atoms with van der Waals surface area (Å²) >= 11 is 2.13. The molecule has 0 aliphatic carbocycles. The highest BCUT2D eigenvalue weighted by Crippen LogP contribution is 2.25. The first kappa shape index (κ1) is 25.3. The second-order valence-electron chi connectivity index (χ2n) is 8.44. The van der Waals surface area contributed by atoms with Gasteiger partial charge in [0.2, 0.25) is 0 Å². The van der Waals surface area contributed by atoms with Crippen molar-refractivity contribution in [2.75, 3.05) is 65.2 Å². The molecule has 2 heterocycles. The fourth-order valence-electron chi connectivity index (χ4n) is 3.78. The molecule has 0 saturated carbocycles. The highest BCUT2D eigenvalue weighted by atomic mass is 127. The van der Waals surface area contributed by atoms with Crippen LogP contribution in [0.15, 0.2) is 4.99 Å². The van der Waals surface area contributed by atoms with Gasteiger partial charge >= 0.3 is 0 Å². The summed E-state index contributed by atoms with van der Waals surface area (Å²) < 4.78 is 0. The van der Waals surface area contributed by atoms with Crippen LogP contribution in [0.25, 0.3) is 0 Å². The maximum atomic E-state index is 5.11. The highest BCUT2D eigenvalue weighted by Gasteiger charge is 2.27. The molecule has 0 amide bonds. The fraction of sp³-hybridized carbons (Fsp3) is 0.950. The number of piperazine rings is 1. The molecule has 2 fully saturated rings. The maximum absolute atomic E-state index is 5.11. The Labute approximate surface area is 189 Å². The van der Waals surface area contributed by atoms with E-state index < -0.39 is 0 Å². The lowest BCUT2D eigenvalue weighted by atomic mass is 10.0. The maximum Gasteiger partial charge on any atom is 0.194 e. The van der Waals surface area contributed by atoms with E-state index in [-0.39, 0.29) is 24.0 Å². The fourth-order valence-corrected chi connectivity index (χ4v) is 5.08. The minimum atomic E-state index is 0. The van der Waals surface area contributed by atoms with Gasteiger partial charge in [0.25, 0.3) is 0 Å². The van der Waals surface area contributed by atoms with E-state index >= 15 is 0 Å². The van der Waals surface area contributed by atoms with E-state index in [0.29, 0.717) is 17.2 Å². The van der Waals surface area contributed by atoms with Gasteiger partial charge in [-0.3, -0.25) is 9.89 Å². The van der Waals surface area contributed by atoms with E-state index in [4.69, 9.17) is 4.99 Å². The molecule has 7 heteroatoms. The first-order chi connectivity index (χ1) is 12.4. The smallest absolute Gasteiger partial charge is 0.194 e. The second kappa shape index (κ2) is 12.8. The van der Waals surface area contributed by atoms with E-state index in [1.807, 2.05) is 0 Å². The van der Waals surface area contributed by atoms with Crippen molar-refractivity contribution >= 4 is 41.7 Å². The lowest BCUT2D eigenvalue weighted by molar-refractivity contribution is 0.0924. The van der Waals surface area contributed by atoms with Crippen LogP contribution in [-0.2, 0) is 0 Å². The van der Waals surface area contributed by atoms with Crippen LogP contribution in [0.4, 0.5) is 0 Å². The SMILES string of the molecule is CCNC(=NCC(C(C)C)N1CCN(C)CC1)N1CCSC(C(C)C)C1.I. The van der Waals surface area contributed by atoms with Gasteiger partial charge in [-0.1, -0.05) is 27.7 Å². The molecule has 1 N–H and O–H groups in total. The molecule has 0 radical (unpaired) electrons. The van der Waals surface area contributed by atoms with Gasteiger partial charge < -0.3 is 15.1 Å². The molecule has 160 valence electrons. The molecule has 0 aromatic heterocycles. The van der Waals surface area contributed by atoms with Gasteiger partial charge in [-0.05, 0) is 25.8 Å². The third kappa shape index (κ3) is 7.90. The van der Waals surface area contributed by atoms with Crippen LogP contribution < -0.4 is 5.32 Å². The normalized spacial score (nSPS) is 24.2. The lowest BCUT2D eigenvalue weighted by Crippen LogP contribution is -2.52. The number of nitrogens with one attached hydrogen (secondary N) is 1. The number of halogens is 1. The summed E-state index contributed by atoms with van der Waals surface area (Å²) in [5.41, 5.74) is 0. The Bertz CT molecular complexity index is 438. The Morgan fingerprint density at radius 1 is 1.11 bits per heavy atom. The molecular weight excluding hydrogens is 469 g/mol. The van der Waals surface area contributed by atoms with E-state index in [2.05, 4.69) is 73.4 Å². The summed E-state index contributed by atoms with van der Waals surface area (Å²) in [4.78, 5) is 12.7. The number of guanidine groups is 1. The van der Waals surface area contributed by atoms with Crippen molar-refractivity contribution < 1.29 is 0 Å². The molecule has 2 rings (SSSR count). The van der Waals surface area contributed by atoms with Crippen molar-refractivity contribution in [3.8, 4) is 0 Å². The molecule has 2 aliphatic heterocycles. The van der Waals surface area contributed by atoms with E-state index in [0.717, 1.165) is 38.1 Å². The summed E-state index contributed by atoms with van der Waals surface area (Å²) in [5, 5.41) is 4.27. The Balaban J connectivity index is 0.00000364. The van der Waals surface area contributed by atoms with E-state index in [1.54, 1.807) is 0 Å². The van der Waals surface area contributed by atoms with Gasteiger partial charge in [0.15, 0.2) is 5.96 Å². The van der Waals surface area contributed by atoms with Crippen molar-refractivity contribution in [3.05, 3.63) is 0 Å². The van der Waals surface area contributed by atoms with Crippen LogP contribution >= 0.6 is 35.7 Å². The van der Waals surface area contributed by atoms with Crippen molar-refractivity contribution in [1.82, 2.24) is 20.0 Å². The molecule has 2 saturated heterocycles. The number of nitrogens with zero attached hydrogens (tertiary/aromatic N) is 4. The standard InChI is InChI=1S/C20H41N5S.HI/c1-7-21-20(25-12-13-26-19(15-25)17(4)5)22-14-18(16(2)3)24-10-8-23(6)9-11-24;/h16-19H,7-15H2,1-6H3,(H,21,22);1H. The minimum Gasteiger partial charge on any atom is -0.357 e. The number of rotatable bonds is 6. The molecule has 5 nitrogen and oxygen atoms in total. The van der Waals surface area contributed by atoms with Crippen molar-refractivity contribution in [2.45, 2.75) is 45.9 Å². The Kier molecular flexibility index (Phi) is 12.0. The summed E-state index contributed by atoms with van der Waals surface area (Å²) in [6, 6.07) is 0.539. The first-order valence-electron chi connectivity index (χ1n) is 10.5. The first-order valence-corrected chi connectivity index (χ1v) is 11.5. The number of likely N-dealkylation sites (N-methyl/N-ethyl adjacent to an activating group) is 1. The largest absolute Gasteiger partial charge is 0.357 e. The zero-order valence-corrected chi connectivity index (χ0v) is 21.4. The van der Waals surface area contributed by atoms with E-state index in [1.165, 1.54) is 31.9 Å². The van der Waals surface area contributed by atoms with Gasteiger partial charge in [0.05, 0.1) is 6.54 Å². The molecule has 2 unspecified atom stereocenters. The topological polar surface area (TPSA) is 34.1 Å². The van der Waals surface area contributed by atoms with Gasteiger partial charge in [-0.25, -0.2) is 0 Å². The van der Waals surface area contributed by atoms with E-state index in [9.17, 15) is 0 Å². The minimum absolute atomic E-state index is 0. The summed E-state index contributed by atoms with van der Waals surface area (Å²) in [6.45, 7) is 20.3. The third-order valence-electron chi connectivity index (χ3n) is 5.68. The van der Waals surface area contributed by atoms with Crippen LogP contribution in [0.2, 0.25) is 0 Å². The summed E-state index contributed by atoms with van der Waals surface area (Å²) in [5.74, 6) is 3.68. The Morgan fingerprint density at radius 3 is 2.33 bits per heavy atom. The number of thioether (sulfide) groups is 1. The molecule has 27 heavy (non-hydrogen) atoms. The number of hydrogen-bond donors (Lipinski definition) is 1. The van der Waals surface area contributed by atoms with Crippen LogP contribution in [0, 0.1) is 11.8 Å². The van der Waals surface area contributed by atoms with Crippen LogP contribution in [0.3, 0.4) is 0 Å². The summed E-state index contributed by atoms with van der Waals surface area (Å²) in [6.07, 6.45) is 0. The van der Waals surface area contributed by atoms with Crippen LogP contribution in [-0.4, -0.2) is 97.1 Å². The predicted octanol–water partition coefficient (Wildman–Crippen LogP) is 2.92. The summed E-state index contributed by atoms with van der Waals surface area (Å²) in [7, 11) is 2.22. The van der Waals surface area contributed by atoms with Gasteiger partial charge in [-0.15, -0.1) is 24.0 Å². The third-order valence-corrected chi connectivity index (χ3v) is 7.22. The predicted molar refractivity (Wildman–Crippen MR) is 132 cm³/mol. The van der Waals surface area contributed by atoms with Crippen LogP contribution in [0.1, 0.15) is 34.6 Å². The zero-order valence-electron chi connectivity index (χ0n) is 18.3. The average Bonchev–Trinajstić information content (AvgIpc) is 2.62. The zero-order chi connectivity index (χ0) is 19.1. The molecule has 0 aromatic rings. The lowest BCUT2D eigenvalue weighted by Gasteiger charge is -2.40. The van der Waals surface area contributed by atoms with Crippen molar-refractivity contribution in [2.24, 2.45) is 16.8 Å². The van der Waals surface area contributed by atoms with Gasteiger partial charge in [-0.2, -0.15) is 11.8 Å². The monoisotopic (exact) mass is 511 g/mol. The van der Waals surface area contributed by atoms with Crippen LogP contribution in [0.5, 0.6) is 0 Å². The average molecular weight is 512 g/mol. The van der Waals surface area contributed by atoms with Crippen molar-refractivity contribution in [1.29, 1.82) is 0 Å². The number of hydrogen-bond acceptors (Lipinski definition) is 4. The molecule has 0 bridgehead atoms. The molecule has 0 aromatic carbocycles. The quantitative estimate of drug-likeness (QED) is 0.337. The molecule has 2 atom stereocenters. The second-order valence-corrected chi connectivity index (χ2v) is 9.79. The van der Waals surface area contributed by atoms with Gasteiger partial charge in [0.1, 0.15) is 0 Å². The highest BCUT2D eigenvalue weighted by molar-refractivity contribution is 14.0. The molecule has 0 spiro atoms. The van der Waals surface area contributed by atoms with Gasteiger partial charge in [0, 0.05) is 62.9 Å². The number of aliphatic imine (C=N–C) groups is 1. The van der Waals surface area contributed by atoms with Crippen molar-refractivity contribution in [3.63, 3.8) is 0 Å². The molecule has 2 aliphatic rings. The Morgan fingerprint density at radius 2 is 1.78 bits per heavy atom. The molecular formula is C20H42IN5S. The Hall–Kier alpha value is 0.270.